The van der Waals surface area contributed by atoms with Crippen LogP contribution in [0.15, 0.2) is 0 Å². The van der Waals surface area contributed by atoms with Gasteiger partial charge in [-0.05, 0) is 66.6 Å². The molecule has 49 heavy (non-hydrogen) atoms. The molecule has 6 N–H and O–H groups in total. The summed E-state index contributed by atoms with van der Waals surface area (Å²) in [6.45, 7) is 17.7. The normalized spacial score (nSPS) is 39.6. The van der Waals surface area contributed by atoms with E-state index in [1.807, 2.05) is 60.5 Å². The second-order valence-electron chi connectivity index (χ2n) is 15.2. The van der Waals surface area contributed by atoms with Crippen molar-refractivity contribution in [2.75, 3.05) is 34.3 Å². The molecule has 0 spiro atoms. The highest BCUT2D eigenvalue weighted by Gasteiger charge is 2.50. The summed E-state index contributed by atoms with van der Waals surface area (Å²) in [7, 11) is 5.23. The number of nitrogens with zero attached hydrogens (tertiary/aromatic N) is 1. The highest BCUT2D eigenvalue weighted by atomic mass is 16.7. The number of rotatable bonds is 10. The molecule has 2 heterocycles. The number of ketones is 1. The number of hydrogen-bond donors (Lipinski definition) is 5. The largest absolute Gasteiger partial charge is 0.458 e. The van der Waals surface area contributed by atoms with Crippen LogP contribution in [0.25, 0.3) is 0 Å². The van der Waals surface area contributed by atoms with E-state index in [0.717, 1.165) is 0 Å². The molecule has 2 aliphatic heterocycles. The monoisotopic (exact) mass is 702 g/mol. The molecule has 0 aromatic rings. The molecule has 2 saturated heterocycles. The summed E-state index contributed by atoms with van der Waals surface area (Å²) in [5.41, 5.74) is 3.13. The molecule has 4 unspecified atom stereocenters. The smallest absolute Gasteiger partial charge is 0.405 e. The first-order valence-corrected chi connectivity index (χ1v) is 17.8. The number of primary amides is 1. The molecule has 0 bridgehead atoms. The number of likely N-dealkylation sites (N-methyl/N-ethyl adjacent to an activating group) is 1. The van der Waals surface area contributed by atoms with Crippen LogP contribution in [0.2, 0.25) is 0 Å². The zero-order valence-corrected chi connectivity index (χ0v) is 31.9. The third-order valence-corrected chi connectivity index (χ3v) is 10.7. The number of Topliss-reactive ketones (excluding diaryl/α,β-unsaturated/α-hetero) is 1. The summed E-state index contributed by atoms with van der Waals surface area (Å²) in [6, 6.07) is -0.465. The molecule has 0 saturated carbocycles. The summed E-state index contributed by atoms with van der Waals surface area (Å²) >= 11 is 0. The molecule has 1 amide bonds. The number of esters is 1. The first-order chi connectivity index (χ1) is 22.7. The SMILES string of the molecule is CC[C@H]1OC(=O)CC(=O)[C@H](C)[C@@H](O[C@@H]2OC(C(O)CNC(C)C)CC(N(C)C)C2O)[C@](C)(OC)C[C@@H](C)CN[C@H](C)[C@@H](C)[C@]1(C)OC(N)=O. The fourth-order valence-corrected chi connectivity index (χ4v) is 7.25. The molecular weight excluding hydrogens is 636 g/mol. The van der Waals surface area contributed by atoms with E-state index >= 15 is 0 Å². The van der Waals surface area contributed by atoms with Gasteiger partial charge in [-0.25, -0.2) is 4.79 Å². The van der Waals surface area contributed by atoms with Gasteiger partial charge in [0, 0.05) is 43.6 Å². The number of nitrogens with one attached hydrogen (secondary N) is 2. The summed E-state index contributed by atoms with van der Waals surface area (Å²) in [4.78, 5) is 41.2. The standard InChI is InChI=1S/C35H66N4O10/c1-13-28-35(9,49-33(36)44)22(6)23(7)38-17-20(4)16-34(8,45-12)31(21(5)25(40)15-29(42)47-28)48-32-30(43)24(39(10)11)14-27(46-32)26(41)18-37-19(2)3/h19-24,26-28,30-32,37-38,41,43H,13-18H2,1-12H3,(H2,36,44)/t20-,21+,22-,23-,24?,26?,27?,28-,30?,31-,32+,34-,35+/m1/s1. The van der Waals surface area contributed by atoms with E-state index in [4.69, 9.17) is 29.4 Å². The van der Waals surface area contributed by atoms with Gasteiger partial charge in [0.2, 0.25) is 0 Å². The number of carbonyl (C=O) groups is 3. The molecule has 2 fully saturated rings. The van der Waals surface area contributed by atoms with E-state index in [1.54, 1.807) is 27.9 Å². The Morgan fingerprint density at radius 3 is 2.35 bits per heavy atom. The fraction of sp³-hybridized carbons (Fsp3) is 0.914. The Bertz CT molecular complexity index is 1080. The molecule has 2 aliphatic rings. The summed E-state index contributed by atoms with van der Waals surface area (Å²) in [5.74, 6) is -2.50. The van der Waals surface area contributed by atoms with Crippen molar-refractivity contribution in [2.45, 2.75) is 154 Å². The van der Waals surface area contributed by atoms with Crippen LogP contribution in [0.3, 0.4) is 0 Å². The molecule has 0 aromatic heterocycles. The van der Waals surface area contributed by atoms with Crippen LogP contribution in [-0.4, -0.2) is 133 Å². The van der Waals surface area contributed by atoms with Crippen molar-refractivity contribution in [1.29, 1.82) is 0 Å². The summed E-state index contributed by atoms with van der Waals surface area (Å²) < 4.78 is 30.5. The highest BCUT2D eigenvalue weighted by molar-refractivity contribution is 5.97. The second-order valence-corrected chi connectivity index (χ2v) is 15.2. The van der Waals surface area contributed by atoms with Gasteiger partial charge in [0.15, 0.2) is 11.9 Å². The van der Waals surface area contributed by atoms with Crippen molar-refractivity contribution in [3.05, 3.63) is 0 Å². The Morgan fingerprint density at radius 2 is 1.82 bits per heavy atom. The maximum absolute atomic E-state index is 13.9. The lowest BCUT2D eigenvalue weighted by molar-refractivity contribution is -0.306. The van der Waals surface area contributed by atoms with Crippen LogP contribution < -0.4 is 16.4 Å². The Kier molecular flexibility index (Phi) is 16.4. The van der Waals surface area contributed by atoms with Gasteiger partial charge in [-0.3, -0.25) is 9.59 Å². The summed E-state index contributed by atoms with van der Waals surface area (Å²) in [5, 5.41) is 29.4. The number of aliphatic hydroxyl groups is 2. The first kappa shape index (κ1) is 43.3. The van der Waals surface area contributed by atoms with E-state index < -0.39 is 84.2 Å². The predicted molar refractivity (Wildman–Crippen MR) is 185 cm³/mol. The molecule has 0 aliphatic carbocycles. The maximum Gasteiger partial charge on any atom is 0.405 e. The van der Waals surface area contributed by atoms with Crippen LogP contribution in [0.5, 0.6) is 0 Å². The average molecular weight is 703 g/mol. The molecule has 0 aromatic carbocycles. The number of ether oxygens (including phenoxy) is 5. The lowest BCUT2D eigenvalue weighted by Crippen LogP contribution is -2.61. The van der Waals surface area contributed by atoms with Crippen molar-refractivity contribution >= 4 is 17.8 Å². The van der Waals surface area contributed by atoms with Crippen molar-refractivity contribution < 1.29 is 48.3 Å². The van der Waals surface area contributed by atoms with E-state index in [-0.39, 0.29) is 30.5 Å². The van der Waals surface area contributed by atoms with Crippen molar-refractivity contribution in [3.8, 4) is 0 Å². The Balaban J connectivity index is 2.55. The van der Waals surface area contributed by atoms with Gasteiger partial charge in [0.25, 0.3) is 0 Å². The number of methoxy groups -OCH3 is 1. The number of cyclic esters (lactones) is 1. The van der Waals surface area contributed by atoms with Crippen LogP contribution >= 0.6 is 0 Å². The number of nitrogens with two attached hydrogens (primary N) is 1. The molecule has 286 valence electrons. The minimum absolute atomic E-state index is 0.00954. The molecular formula is C35H66N4O10. The highest BCUT2D eigenvalue weighted by Crippen LogP contribution is 2.37. The van der Waals surface area contributed by atoms with E-state index in [9.17, 15) is 24.6 Å². The van der Waals surface area contributed by atoms with Gasteiger partial charge in [-0.2, -0.15) is 0 Å². The number of amides is 1. The quantitative estimate of drug-likeness (QED) is 0.164. The van der Waals surface area contributed by atoms with Gasteiger partial charge < -0.3 is 55.2 Å². The van der Waals surface area contributed by atoms with Crippen molar-refractivity contribution in [2.24, 2.45) is 23.5 Å². The Hall–Kier alpha value is -1.91. The van der Waals surface area contributed by atoms with E-state index in [1.165, 1.54) is 0 Å². The van der Waals surface area contributed by atoms with Gasteiger partial charge in [0.1, 0.15) is 24.4 Å². The van der Waals surface area contributed by atoms with Crippen LogP contribution in [-0.2, 0) is 33.3 Å². The predicted octanol–water partition coefficient (Wildman–Crippen LogP) is 1.97. The average Bonchev–Trinajstić information content (AvgIpc) is 3.02. The number of aliphatic hydroxyl groups excluding tert-OH is 2. The third kappa shape index (κ3) is 11.3. The first-order valence-electron chi connectivity index (χ1n) is 17.8. The minimum Gasteiger partial charge on any atom is -0.458 e. The Morgan fingerprint density at radius 1 is 1.18 bits per heavy atom. The Labute approximate surface area is 293 Å². The van der Waals surface area contributed by atoms with Gasteiger partial charge in [-0.1, -0.05) is 41.5 Å². The fourth-order valence-electron chi connectivity index (χ4n) is 7.25. The number of hydrogen-bond acceptors (Lipinski definition) is 13. The van der Waals surface area contributed by atoms with Crippen LogP contribution in [0, 0.1) is 17.8 Å². The zero-order valence-electron chi connectivity index (χ0n) is 31.9. The van der Waals surface area contributed by atoms with E-state index in [2.05, 4.69) is 10.6 Å². The molecule has 0 radical (unpaired) electrons. The lowest BCUT2D eigenvalue weighted by Gasteiger charge is -2.47. The van der Waals surface area contributed by atoms with E-state index in [0.29, 0.717) is 25.8 Å². The van der Waals surface area contributed by atoms with Gasteiger partial charge >= 0.3 is 12.1 Å². The van der Waals surface area contributed by atoms with Crippen molar-refractivity contribution in [1.82, 2.24) is 15.5 Å². The van der Waals surface area contributed by atoms with Gasteiger partial charge in [-0.15, -0.1) is 0 Å². The zero-order chi connectivity index (χ0) is 37.4. The molecule has 2 rings (SSSR count). The van der Waals surface area contributed by atoms with Crippen molar-refractivity contribution in [3.63, 3.8) is 0 Å². The molecule has 13 atom stereocenters. The maximum atomic E-state index is 13.9. The molecule has 14 heteroatoms. The second kappa shape index (κ2) is 18.5. The van der Waals surface area contributed by atoms with Crippen LogP contribution in [0.4, 0.5) is 4.79 Å². The lowest BCUT2D eigenvalue weighted by atomic mass is 9.79. The molecule has 14 nitrogen and oxygen atoms in total. The minimum atomic E-state index is -1.28. The topological polar surface area (TPSA) is 191 Å². The van der Waals surface area contributed by atoms with Gasteiger partial charge in [0.05, 0.1) is 23.9 Å². The third-order valence-electron chi connectivity index (χ3n) is 10.7. The van der Waals surface area contributed by atoms with Crippen LogP contribution in [0.1, 0.15) is 88.0 Å². The number of carbonyl (C=O) groups excluding carboxylic acids is 3. The summed E-state index contributed by atoms with van der Waals surface area (Å²) in [6.07, 6.45) is -6.19.